The van der Waals surface area contributed by atoms with E-state index < -0.39 is 0 Å². The average Bonchev–Trinajstić information content (AvgIpc) is 3.36. The van der Waals surface area contributed by atoms with Crippen molar-refractivity contribution in [3.05, 3.63) is 60.4 Å². The van der Waals surface area contributed by atoms with Gasteiger partial charge in [0.05, 0.1) is 36.1 Å². The molecule has 0 saturated heterocycles. The molecule has 3 heterocycles. The van der Waals surface area contributed by atoms with Gasteiger partial charge in [-0.1, -0.05) is 6.07 Å². The van der Waals surface area contributed by atoms with Crippen LogP contribution in [0.15, 0.2) is 49.1 Å². The quantitative estimate of drug-likeness (QED) is 0.514. The summed E-state index contributed by atoms with van der Waals surface area (Å²) < 4.78 is 9.01. The van der Waals surface area contributed by atoms with E-state index in [2.05, 4.69) is 30.8 Å². The minimum Gasteiger partial charge on any atom is -0.494 e. The van der Waals surface area contributed by atoms with E-state index in [1.807, 2.05) is 22.9 Å². The number of hydrogen-bond acceptors (Lipinski definition) is 7. The Morgan fingerprint density at radius 1 is 1.23 bits per heavy atom. The third-order valence-electron chi connectivity index (χ3n) is 5.20. The first kappa shape index (κ1) is 18.9. The molecule has 0 radical (unpaired) electrons. The topological polar surface area (TPSA) is 113 Å². The molecule has 0 spiro atoms. The van der Waals surface area contributed by atoms with Gasteiger partial charge < -0.3 is 14.6 Å². The summed E-state index contributed by atoms with van der Waals surface area (Å²) in [6, 6.07) is 8.96. The first-order chi connectivity index (χ1) is 15.1. The molecule has 1 aliphatic carbocycles. The zero-order valence-electron chi connectivity index (χ0n) is 17.1. The van der Waals surface area contributed by atoms with Crippen LogP contribution in [0.4, 0.5) is 5.69 Å². The van der Waals surface area contributed by atoms with Gasteiger partial charge in [-0.3, -0.25) is 9.78 Å². The molecule has 5 rings (SSSR count). The van der Waals surface area contributed by atoms with Gasteiger partial charge in [0.2, 0.25) is 0 Å². The van der Waals surface area contributed by atoms with Gasteiger partial charge in [0, 0.05) is 25.4 Å². The highest BCUT2D eigenvalue weighted by Gasteiger charge is 2.26. The lowest BCUT2D eigenvalue weighted by molar-refractivity contribution is 0.102. The van der Waals surface area contributed by atoms with Crippen molar-refractivity contribution in [3.63, 3.8) is 0 Å². The summed E-state index contributed by atoms with van der Waals surface area (Å²) in [4.78, 5) is 21.7. The highest BCUT2D eigenvalue weighted by atomic mass is 16.5. The maximum Gasteiger partial charge on any atom is 0.274 e. The number of imidazole rings is 1. The number of rotatable bonds is 6. The van der Waals surface area contributed by atoms with Crippen LogP contribution in [-0.2, 0) is 7.05 Å². The molecule has 1 aliphatic rings. The summed E-state index contributed by atoms with van der Waals surface area (Å²) in [6.07, 6.45) is 7.76. The number of aromatic nitrogens is 7. The van der Waals surface area contributed by atoms with E-state index in [9.17, 15) is 4.79 Å². The Labute approximate surface area is 177 Å². The number of carbonyl (C=O) groups excluding carboxylic acids is 1. The fraction of sp³-hybridized carbons (Fsp3) is 0.238. The zero-order valence-corrected chi connectivity index (χ0v) is 17.1. The Morgan fingerprint density at radius 2 is 2.10 bits per heavy atom. The third kappa shape index (κ3) is 3.63. The van der Waals surface area contributed by atoms with Crippen LogP contribution in [0, 0.1) is 0 Å². The fourth-order valence-corrected chi connectivity index (χ4v) is 3.45. The fourth-order valence-electron chi connectivity index (χ4n) is 3.45. The van der Waals surface area contributed by atoms with Crippen molar-refractivity contribution in [2.75, 3.05) is 12.4 Å². The molecule has 3 aromatic heterocycles. The van der Waals surface area contributed by atoms with Gasteiger partial charge in [-0.15, -0.1) is 5.10 Å². The highest BCUT2D eigenvalue weighted by Crippen LogP contribution is 2.39. The maximum absolute atomic E-state index is 13.0. The standard InChI is InChI=1S/C21H20N8O2/c1-28-20(25-26-27-28)15-4-3-5-16(19(15)31-2)24-21(30)17-10-14(8-9-22-17)29-11-18(23-12-29)13-6-7-13/h3-5,8-13H,6-7H2,1-2H3,(H,24,30). The van der Waals surface area contributed by atoms with Crippen LogP contribution in [0.2, 0.25) is 0 Å². The van der Waals surface area contributed by atoms with Crippen LogP contribution in [0.1, 0.15) is 34.9 Å². The molecule has 0 unspecified atom stereocenters. The van der Waals surface area contributed by atoms with Crippen molar-refractivity contribution in [3.8, 4) is 22.8 Å². The second-order valence-electron chi connectivity index (χ2n) is 7.35. The van der Waals surface area contributed by atoms with Crippen molar-refractivity contribution < 1.29 is 9.53 Å². The predicted octanol–water partition coefficient (Wildman–Crippen LogP) is 2.60. The number of para-hydroxylation sites is 1. The van der Waals surface area contributed by atoms with Gasteiger partial charge >= 0.3 is 0 Å². The van der Waals surface area contributed by atoms with E-state index in [4.69, 9.17) is 4.74 Å². The number of benzene rings is 1. The molecule has 0 atom stereocenters. The second-order valence-corrected chi connectivity index (χ2v) is 7.35. The molecule has 1 aromatic carbocycles. The Bertz CT molecular complexity index is 1260. The lowest BCUT2D eigenvalue weighted by Gasteiger charge is -2.13. The predicted molar refractivity (Wildman–Crippen MR) is 112 cm³/mol. The summed E-state index contributed by atoms with van der Waals surface area (Å²) in [5.41, 5.74) is 3.36. The molecular weight excluding hydrogens is 396 g/mol. The number of methoxy groups -OCH3 is 1. The summed E-state index contributed by atoms with van der Waals surface area (Å²) in [6.45, 7) is 0. The van der Waals surface area contributed by atoms with Crippen molar-refractivity contribution in [2.45, 2.75) is 18.8 Å². The molecular formula is C21H20N8O2. The average molecular weight is 416 g/mol. The van der Waals surface area contributed by atoms with Gasteiger partial charge in [0.15, 0.2) is 11.6 Å². The number of pyridine rings is 1. The molecule has 1 saturated carbocycles. The molecule has 1 amide bonds. The minimum atomic E-state index is -0.351. The molecule has 10 nitrogen and oxygen atoms in total. The van der Waals surface area contributed by atoms with Gasteiger partial charge in [-0.05, 0) is 47.5 Å². The van der Waals surface area contributed by atoms with Crippen molar-refractivity contribution >= 4 is 11.6 Å². The molecule has 10 heteroatoms. The monoisotopic (exact) mass is 416 g/mol. The number of amides is 1. The van der Waals surface area contributed by atoms with E-state index in [0.29, 0.717) is 28.7 Å². The lowest BCUT2D eigenvalue weighted by atomic mass is 10.1. The highest BCUT2D eigenvalue weighted by molar-refractivity contribution is 6.04. The summed E-state index contributed by atoms with van der Waals surface area (Å²) in [5.74, 6) is 1.21. The number of ether oxygens (including phenoxy) is 1. The molecule has 0 bridgehead atoms. The van der Waals surface area contributed by atoms with E-state index in [0.717, 1.165) is 11.4 Å². The molecule has 4 aromatic rings. The second kappa shape index (κ2) is 7.63. The first-order valence-electron chi connectivity index (χ1n) is 9.85. The van der Waals surface area contributed by atoms with Gasteiger partial charge in [0.1, 0.15) is 5.69 Å². The van der Waals surface area contributed by atoms with Crippen LogP contribution >= 0.6 is 0 Å². The molecule has 1 N–H and O–H groups in total. The number of aryl methyl sites for hydroxylation is 1. The molecule has 31 heavy (non-hydrogen) atoms. The Hall–Kier alpha value is -4.08. The van der Waals surface area contributed by atoms with Gasteiger partial charge in [-0.2, -0.15) is 0 Å². The number of hydrogen-bond donors (Lipinski definition) is 1. The Balaban J connectivity index is 1.42. The van der Waals surface area contributed by atoms with Crippen LogP contribution in [0.25, 0.3) is 17.1 Å². The Kier molecular flexibility index (Phi) is 4.66. The molecule has 156 valence electrons. The number of nitrogens with one attached hydrogen (secondary N) is 1. The van der Waals surface area contributed by atoms with Crippen LogP contribution in [0.3, 0.4) is 0 Å². The minimum absolute atomic E-state index is 0.284. The van der Waals surface area contributed by atoms with E-state index in [1.54, 1.807) is 37.8 Å². The normalized spacial score (nSPS) is 13.2. The van der Waals surface area contributed by atoms with Crippen molar-refractivity contribution in [1.29, 1.82) is 0 Å². The van der Waals surface area contributed by atoms with Crippen molar-refractivity contribution in [2.24, 2.45) is 7.05 Å². The van der Waals surface area contributed by atoms with Crippen molar-refractivity contribution in [1.82, 2.24) is 34.7 Å². The largest absolute Gasteiger partial charge is 0.494 e. The van der Waals surface area contributed by atoms with E-state index in [1.165, 1.54) is 24.6 Å². The third-order valence-corrected chi connectivity index (χ3v) is 5.20. The summed E-state index contributed by atoms with van der Waals surface area (Å²) >= 11 is 0. The van der Waals surface area contributed by atoms with Crippen LogP contribution < -0.4 is 10.1 Å². The smallest absolute Gasteiger partial charge is 0.274 e. The Morgan fingerprint density at radius 3 is 2.84 bits per heavy atom. The number of tetrazole rings is 1. The zero-order chi connectivity index (χ0) is 21.4. The first-order valence-corrected chi connectivity index (χ1v) is 9.85. The van der Waals surface area contributed by atoms with Crippen LogP contribution in [0.5, 0.6) is 5.75 Å². The van der Waals surface area contributed by atoms with Crippen LogP contribution in [-0.4, -0.2) is 47.8 Å². The SMILES string of the molecule is COc1c(NC(=O)c2cc(-n3cnc(C4CC4)c3)ccn2)cccc1-c1nnnn1C. The van der Waals surface area contributed by atoms with E-state index >= 15 is 0 Å². The maximum atomic E-state index is 13.0. The molecule has 0 aliphatic heterocycles. The summed E-state index contributed by atoms with van der Waals surface area (Å²) in [5, 5.41) is 14.4. The van der Waals surface area contributed by atoms with Gasteiger partial charge in [0.25, 0.3) is 5.91 Å². The van der Waals surface area contributed by atoms with E-state index in [-0.39, 0.29) is 11.6 Å². The lowest BCUT2D eigenvalue weighted by Crippen LogP contribution is -2.15. The van der Waals surface area contributed by atoms with Gasteiger partial charge in [-0.25, -0.2) is 9.67 Å². The summed E-state index contributed by atoms with van der Waals surface area (Å²) in [7, 11) is 3.27. The number of anilines is 1. The number of nitrogens with zero attached hydrogens (tertiary/aromatic N) is 7. The molecule has 1 fully saturated rings. The number of carbonyl (C=O) groups is 1.